The molecule has 2 unspecified atom stereocenters. The Morgan fingerprint density at radius 3 is 2.09 bits per heavy atom. The van der Waals surface area contributed by atoms with Crippen molar-refractivity contribution in [2.24, 2.45) is 22.7 Å². The highest BCUT2D eigenvalue weighted by molar-refractivity contribution is 5.74. The van der Waals surface area contributed by atoms with Crippen molar-refractivity contribution in [3.05, 3.63) is 12.2 Å². The van der Waals surface area contributed by atoms with Gasteiger partial charge in [0.2, 0.25) is 0 Å². The van der Waals surface area contributed by atoms with E-state index in [0.29, 0.717) is 18.8 Å². The molecule has 0 heterocycles. The molecular formula is C18H32F2O2. The number of carbonyl (C=O) groups is 1. The van der Waals surface area contributed by atoms with Crippen LogP contribution in [0.5, 0.6) is 0 Å². The zero-order valence-electron chi connectivity index (χ0n) is 14.9. The second-order valence-electron chi connectivity index (χ2n) is 7.65. The summed E-state index contributed by atoms with van der Waals surface area (Å²) in [5.74, 6) is -0.276. The first kappa shape index (κ1) is 21.1. The van der Waals surface area contributed by atoms with E-state index < -0.39 is 17.5 Å². The van der Waals surface area contributed by atoms with E-state index >= 15 is 0 Å². The fourth-order valence-electron chi connectivity index (χ4n) is 2.84. The molecule has 130 valence electrons. The lowest BCUT2D eigenvalue weighted by molar-refractivity contribution is -0.151. The van der Waals surface area contributed by atoms with Crippen LogP contribution in [0.1, 0.15) is 73.6 Å². The Morgan fingerprint density at radius 1 is 1.23 bits per heavy atom. The average molecular weight is 318 g/mol. The van der Waals surface area contributed by atoms with Gasteiger partial charge in [-0.05, 0) is 49.0 Å². The van der Waals surface area contributed by atoms with Crippen LogP contribution in [0.4, 0.5) is 8.78 Å². The molecule has 0 radical (unpaired) electrons. The first-order valence-electron chi connectivity index (χ1n) is 8.23. The third-order valence-electron chi connectivity index (χ3n) is 5.02. The van der Waals surface area contributed by atoms with Crippen LogP contribution in [0.25, 0.3) is 0 Å². The van der Waals surface area contributed by atoms with Gasteiger partial charge in [-0.3, -0.25) is 4.79 Å². The van der Waals surface area contributed by atoms with Gasteiger partial charge in [0, 0.05) is 0 Å². The smallest absolute Gasteiger partial charge is 0.309 e. The van der Waals surface area contributed by atoms with Crippen molar-refractivity contribution in [1.82, 2.24) is 0 Å². The van der Waals surface area contributed by atoms with Gasteiger partial charge in [0.25, 0.3) is 6.08 Å². The molecule has 0 saturated heterocycles. The topological polar surface area (TPSA) is 37.3 Å². The molecule has 0 aliphatic carbocycles. The summed E-state index contributed by atoms with van der Waals surface area (Å²) in [5, 5.41) is 9.67. The third kappa shape index (κ3) is 6.45. The molecule has 0 amide bonds. The molecule has 22 heavy (non-hydrogen) atoms. The Kier molecular flexibility index (Phi) is 8.27. The Labute approximate surface area is 134 Å². The number of carboxylic acid groups (broad SMARTS) is 1. The number of carboxylic acids is 1. The van der Waals surface area contributed by atoms with Gasteiger partial charge in [-0.25, -0.2) is 0 Å². The van der Waals surface area contributed by atoms with Crippen LogP contribution in [0, 0.1) is 22.7 Å². The zero-order valence-corrected chi connectivity index (χ0v) is 14.9. The summed E-state index contributed by atoms with van der Waals surface area (Å²) >= 11 is 0. The number of allylic oxidation sites excluding steroid dienone is 1. The lowest BCUT2D eigenvalue weighted by atomic mass is 9.65. The fourth-order valence-corrected chi connectivity index (χ4v) is 2.84. The highest BCUT2D eigenvalue weighted by atomic mass is 19.3. The van der Waals surface area contributed by atoms with E-state index in [4.69, 9.17) is 0 Å². The summed E-state index contributed by atoms with van der Waals surface area (Å²) in [5.41, 5.74) is -1.15. The largest absolute Gasteiger partial charge is 0.481 e. The number of rotatable bonds is 9. The second-order valence-corrected chi connectivity index (χ2v) is 7.65. The first-order chi connectivity index (χ1) is 9.98. The summed E-state index contributed by atoms with van der Waals surface area (Å²) in [7, 11) is 0. The maximum absolute atomic E-state index is 12.5. The molecule has 0 aliphatic rings. The molecule has 0 aromatic carbocycles. The molecule has 2 nitrogen and oxygen atoms in total. The van der Waals surface area contributed by atoms with E-state index in [1.165, 1.54) is 0 Å². The van der Waals surface area contributed by atoms with Crippen LogP contribution in [0.15, 0.2) is 12.2 Å². The maximum Gasteiger partial charge on any atom is 0.309 e. The van der Waals surface area contributed by atoms with E-state index in [9.17, 15) is 18.7 Å². The van der Waals surface area contributed by atoms with Crippen LogP contribution in [-0.4, -0.2) is 11.1 Å². The molecular weight excluding hydrogens is 286 g/mol. The van der Waals surface area contributed by atoms with Crippen molar-refractivity contribution in [3.63, 3.8) is 0 Å². The van der Waals surface area contributed by atoms with Gasteiger partial charge in [-0.15, -0.1) is 0 Å². The van der Waals surface area contributed by atoms with Crippen molar-refractivity contribution >= 4 is 5.97 Å². The molecule has 4 heteroatoms. The average Bonchev–Trinajstić information content (AvgIpc) is 2.40. The maximum atomic E-state index is 12.5. The van der Waals surface area contributed by atoms with E-state index in [1.807, 2.05) is 0 Å². The van der Waals surface area contributed by atoms with Crippen LogP contribution in [-0.2, 0) is 4.79 Å². The number of hydrogen-bond donors (Lipinski definition) is 1. The lowest BCUT2D eigenvalue weighted by Gasteiger charge is -2.39. The van der Waals surface area contributed by atoms with E-state index in [1.54, 1.807) is 6.92 Å². The summed E-state index contributed by atoms with van der Waals surface area (Å²) in [6.07, 6.45) is 1.63. The first-order valence-corrected chi connectivity index (χ1v) is 8.23. The van der Waals surface area contributed by atoms with Gasteiger partial charge in [-0.2, -0.15) is 8.78 Å². The molecule has 0 saturated carbocycles. The normalized spacial score (nSPS) is 17.5. The molecule has 1 N–H and O–H groups in total. The standard InChI is InChI=1S/C18H32F2O2/c1-7-13(3)11-14(17(4,5)6)12-18(8-2,16(21)22)10-9-15(19)20/h9,13-14H,7-8,10-12H2,1-6H3,(H,21,22)/t13?,14?,18-/m1/s1. The zero-order chi connectivity index (χ0) is 17.6. The summed E-state index contributed by atoms with van der Waals surface area (Å²) in [6.45, 7) is 12.4. The van der Waals surface area contributed by atoms with Crippen molar-refractivity contribution < 1.29 is 18.7 Å². The Morgan fingerprint density at radius 2 is 1.77 bits per heavy atom. The predicted molar refractivity (Wildman–Crippen MR) is 86.9 cm³/mol. The fraction of sp³-hybridized carbons (Fsp3) is 0.833. The minimum absolute atomic E-state index is 0.0444. The SMILES string of the molecule is CCC(C)CC(C[C@@](CC)(CC=C(F)F)C(=O)O)C(C)(C)C. The highest BCUT2D eigenvalue weighted by Gasteiger charge is 2.41. The van der Waals surface area contributed by atoms with Crippen molar-refractivity contribution in [2.75, 3.05) is 0 Å². The molecule has 3 atom stereocenters. The summed E-state index contributed by atoms with van der Waals surface area (Å²) in [4.78, 5) is 11.8. The van der Waals surface area contributed by atoms with Gasteiger partial charge < -0.3 is 5.11 Å². The number of hydrogen-bond acceptors (Lipinski definition) is 1. The third-order valence-corrected chi connectivity index (χ3v) is 5.02. The Bertz CT molecular complexity index is 381. The monoisotopic (exact) mass is 318 g/mol. The van der Waals surface area contributed by atoms with Crippen molar-refractivity contribution in [3.8, 4) is 0 Å². The predicted octanol–water partition coefficient (Wildman–Crippen LogP) is 6.13. The molecule has 0 aromatic heterocycles. The molecule has 0 aliphatic heterocycles. The minimum atomic E-state index is -1.80. The van der Waals surface area contributed by atoms with Crippen LogP contribution in [0.2, 0.25) is 0 Å². The molecule has 0 spiro atoms. The second kappa shape index (κ2) is 8.64. The minimum Gasteiger partial charge on any atom is -0.481 e. The van der Waals surface area contributed by atoms with Crippen LogP contribution < -0.4 is 0 Å². The lowest BCUT2D eigenvalue weighted by Crippen LogP contribution is -2.36. The molecule has 0 aromatic rings. The van der Waals surface area contributed by atoms with Gasteiger partial charge in [-0.1, -0.05) is 48.0 Å². The van der Waals surface area contributed by atoms with Gasteiger partial charge >= 0.3 is 5.97 Å². The highest BCUT2D eigenvalue weighted by Crippen LogP contribution is 2.44. The van der Waals surface area contributed by atoms with Crippen molar-refractivity contribution in [1.29, 1.82) is 0 Å². The Hall–Kier alpha value is -0.930. The van der Waals surface area contributed by atoms with Crippen LogP contribution >= 0.6 is 0 Å². The van der Waals surface area contributed by atoms with Gasteiger partial charge in [0.05, 0.1) is 5.41 Å². The molecule has 0 fully saturated rings. The Balaban J connectivity index is 5.44. The van der Waals surface area contributed by atoms with Crippen LogP contribution in [0.3, 0.4) is 0 Å². The van der Waals surface area contributed by atoms with Crippen molar-refractivity contribution in [2.45, 2.75) is 73.6 Å². The number of aliphatic carboxylic acids is 1. The van der Waals surface area contributed by atoms with E-state index in [0.717, 1.165) is 18.9 Å². The summed E-state index contributed by atoms with van der Waals surface area (Å²) < 4.78 is 24.9. The van der Waals surface area contributed by atoms with E-state index in [2.05, 4.69) is 34.6 Å². The van der Waals surface area contributed by atoms with E-state index in [-0.39, 0.29) is 17.8 Å². The number of halogens is 2. The van der Waals surface area contributed by atoms with Gasteiger partial charge in [0.15, 0.2) is 0 Å². The molecule has 0 bridgehead atoms. The molecule has 0 rings (SSSR count). The summed E-state index contributed by atoms with van der Waals surface area (Å²) in [6, 6.07) is 0. The quantitative estimate of drug-likeness (QED) is 0.555. The van der Waals surface area contributed by atoms with Gasteiger partial charge in [0.1, 0.15) is 0 Å².